The minimum Gasteiger partial charge on any atom is -0.382 e. The van der Waals surface area contributed by atoms with Crippen molar-refractivity contribution < 1.29 is 4.74 Å². The van der Waals surface area contributed by atoms with Crippen LogP contribution >= 0.6 is 0 Å². The molecule has 1 N–H and O–H groups in total. The summed E-state index contributed by atoms with van der Waals surface area (Å²) >= 11 is 0. The molecular formula is C16H29N3O. The van der Waals surface area contributed by atoms with Gasteiger partial charge in [0.05, 0.1) is 5.69 Å². The third-order valence-corrected chi connectivity index (χ3v) is 4.14. The number of rotatable bonds is 7. The second kappa shape index (κ2) is 6.61. The average Bonchev–Trinajstić information content (AvgIpc) is 2.92. The Kier molecular flexibility index (Phi) is 5.08. The minimum atomic E-state index is 0.467. The molecule has 1 aliphatic rings. The molecular weight excluding hydrogens is 250 g/mol. The summed E-state index contributed by atoms with van der Waals surface area (Å²) in [5.41, 5.74) is 1.57. The number of nitrogens with one attached hydrogen (secondary N) is 1. The first-order valence-electron chi connectivity index (χ1n) is 7.89. The number of anilines is 1. The predicted octanol–water partition coefficient (Wildman–Crippen LogP) is 3.78. The topological polar surface area (TPSA) is 39.1 Å². The zero-order valence-corrected chi connectivity index (χ0v) is 13.4. The molecule has 0 saturated heterocycles. The Bertz CT molecular complexity index is 425. The van der Waals surface area contributed by atoms with Crippen molar-refractivity contribution in [3.05, 3.63) is 11.9 Å². The summed E-state index contributed by atoms with van der Waals surface area (Å²) in [7, 11) is 0. The fourth-order valence-electron chi connectivity index (χ4n) is 3.08. The Hall–Kier alpha value is -1.03. The Balaban J connectivity index is 1.93. The van der Waals surface area contributed by atoms with Crippen LogP contribution in [0.4, 0.5) is 5.95 Å². The van der Waals surface area contributed by atoms with Crippen LogP contribution in [-0.2, 0) is 4.74 Å². The van der Waals surface area contributed by atoms with Gasteiger partial charge in [-0.2, -0.15) is 0 Å². The van der Waals surface area contributed by atoms with Crippen molar-refractivity contribution in [3.8, 4) is 0 Å². The van der Waals surface area contributed by atoms with Gasteiger partial charge in [0.25, 0.3) is 0 Å². The molecule has 0 bridgehead atoms. The van der Waals surface area contributed by atoms with Gasteiger partial charge in [0, 0.05) is 32.0 Å². The monoisotopic (exact) mass is 279 g/mol. The summed E-state index contributed by atoms with van der Waals surface area (Å²) in [6, 6.07) is 0.598. The van der Waals surface area contributed by atoms with E-state index < -0.39 is 0 Å². The van der Waals surface area contributed by atoms with Gasteiger partial charge < -0.3 is 14.6 Å². The van der Waals surface area contributed by atoms with E-state index in [0.717, 1.165) is 37.8 Å². The summed E-state index contributed by atoms with van der Waals surface area (Å²) in [6.07, 6.45) is 7.03. The van der Waals surface area contributed by atoms with Crippen molar-refractivity contribution in [2.24, 2.45) is 5.41 Å². The van der Waals surface area contributed by atoms with Crippen LogP contribution in [0.3, 0.4) is 0 Å². The van der Waals surface area contributed by atoms with Crippen molar-refractivity contribution in [1.82, 2.24) is 9.55 Å². The van der Waals surface area contributed by atoms with Crippen LogP contribution < -0.4 is 5.32 Å². The molecule has 0 amide bonds. The molecule has 1 aliphatic carbocycles. The van der Waals surface area contributed by atoms with Crippen LogP contribution in [0.1, 0.15) is 58.2 Å². The third kappa shape index (κ3) is 3.98. The van der Waals surface area contributed by atoms with E-state index in [1.807, 2.05) is 6.92 Å². The van der Waals surface area contributed by atoms with Gasteiger partial charge in [-0.3, -0.25) is 0 Å². The van der Waals surface area contributed by atoms with Gasteiger partial charge in [-0.1, -0.05) is 13.8 Å². The molecule has 1 aromatic heterocycles. The van der Waals surface area contributed by atoms with E-state index in [-0.39, 0.29) is 0 Å². The number of ether oxygens (including phenoxy) is 1. The molecule has 4 heteroatoms. The summed E-state index contributed by atoms with van der Waals surface area (Å²) in [4.78, 5) is 4.63. The second-order valence-corrected chi connectivity index (χ2v) is 6.65. The van der Waals surface area contributed by atoms with Crippen LogP contribution in [0.2, 0.25) is 0 Å². The number of aromatic nitrogens is 2. The predicted molar refractivity (Wildman–Crippen MR) is 83.2 cm³/mol. The van der Waals surface area contributed by atoms with E-state index in [9.17, 15) is 0 Å². The zero-order valence-electron chi connectivity index (χ0n) is 13.4. The van der Waals surface area contributed by atoms with E-state index >= 15 is 0 Å². The first-order chi connectivity index (χ1) is 9.52. The van der Waals surface area contributed by atoms with E-state index in [4.69, 9.17) is 4.74 Å². The number of hydrogen-bond donors (Lipinski definition) is 1. The maximum Gasteiger partial charge on any atom is 0.203 e. The normalized spacial score (nSPS) is 21.3. The molecule has 1 unspecified atom stereocenters. The molecule has 114 valence electrons. The van der Waals surface area contributed by atoms with Gasteiger partial charge >= 0.3 is 0 Å². The first-order valence-corrected chi connectivity index (χ1v) is 7.89. The highest BCUT2D eigenvalue weighted by Crippen LogP contribution is 2.44. The van der Waals surface area contributed by atoms with Crippen molar-refractivity contribution >= 4 is 5.95 Å². The van der Waals surface area contributed by atoms with Gasteiger partial charge in [-0.25, -0.2) is 4.98 Å². The van der Waals surface area contributed by atoms with Gasteiger partial charge in [0.1, 0.15) is 0 Å². The zero-order chi connectivity index (χ0) is 14.6. The van der Waals surface area contributed by atoms with Crippen molar-refractivity contribution in [3.63, 3.8) is 0 Å². The van der Waals surface area contributed by atoms with E-state index in [1.54, 1.807) is 0 Å². The summed E-state index contributed by atoms with van der Waals surface area (Å²) in [5, 5.41) is 3.47. The highest BCUT2D eigenvalue weighted by Gasteiger charge is 2.32. The Morgan fingerprint density at radius 1 is 1.50 bits per heavy atom. The van der Waals surface area contributed by atoms with Crippen molar-refractivity contribution in [1.29, 1.82) is 0 Å². The smallest absolute Gasteiger partial charge is 0.203 e. The van der Waals surface area contributed by atoms with Crippen molar-refractivity contribution in [2.75, 3.05) is 25.1 Å². The fraction of sp³-hybridized carbons (Fsp3) is 0.812. The lowest BCUT2D eigenvalue weighted by molar-refractivity contribution is 0.147. The Labute approximate surface area is 122 Å². The van der Waals surface area contributed by atoms with Gasteiger partial charge in [0.2, 0.25) is 5.95 Å². The van der Waals surface area contributed by atoms with Gasteiger partial charge in [-0.05, 0) is 44.9 Å². The highest BCUT2D eigenvalue weighted by atomic mass is 16.5. The number of nitrogens with zero attached hydrogens (tertiary/aromatic N) is 2. The van der Waals surface area contributed by atoms with Crippen LogP contribution in [0.5, 0.6) is 0 Å². The van der Waals surface area contributed by atoms with Crippen LogP contribution in [0.15, 0.2) is 6.20 Å². The third-order valence-electron chi connectivity index (χ3n) is 4.14. The molecule has 0 aliphatic heterocycles. The maximum absolute atomic E-state index is 5.37. The summed E-state index contributed by atoms with van der Waals surface area (Å²) in [6.45, 7) is 11.4. The quantitative estimate of drug-likeness (QED) is 0.772. The van der Waals surface area contributed by atoms with E-state index in [0.29, 0.717) is 11.5 Å². The standard InChI is InChI=1S/C16H29N3O/c1-5-20-10-6-9-17-15-18-13(2)12-19(15)14-7-8-16(3,4)11-14/h12,14H,5-11H2,1-4H3,(H,17,18). The molecule has 1 fully saturated rings. The van der Waals surface area contributed by atoms with Crippen LogP contribution in [0.25, 0.3) is 0 Å². The lowest BCUT2D eigenvalue weighted by atomic mass is 9.92. The molecule has 1 aromatic rings. The molecule has 1 heterocycles. The Morgan fingerprint density at radius 3 is 2.95 bits per heavy atom. The number of imidazole rings is 1. The number of aryl methyl sites for hydroxylation is 1. The van der Waals surface area contributed by atoms with Crippen molar-refractivity contribution in [2.45, 2.75) is 59.4 Å². The summed E-state index contributed by atoms with van der Waals surface area (Å²) in [5.74, 6) is 1.03. The van der Waals surface area contributed by atoms with E-state index in [1.165, 1.54) is 19.3 Å². The number of hydrogen-bond acceptors (Lipinski definition) is 3. The lowest BCUT2D eigenvalue weighted by Crippen LogP contribution is -2.14. The average molecular weight is 279 g/mol. The van der Waals surface area contributed by atoms with Crippen LogP contribution in [-0.4, -0.2) is 29.3 Å². The SMILES string of the molecule is CCOCCCNc1nc(C)cn1C1CCC(C)(C)C1. The van der Waals surface area contributed by atoms with Gasteiger partial charge in [-0.15, -0.1) is 0 Å². The highest BCUT2D eigenvalue weighted by molar-refractivity contribution is 5.29. The van der Waals surface area contributed by atoms with E-state index in [2.05, 4.69) is 41.8 Å². The van der Waals surface area contributed by atoms with Crippen LogP contribution in [0, 0.1) is 12.3 Å². The fourth-order valence-corrected chi connectivity index (χ4v) is 3.08. The molecule has 1 atom stereocenters. The Morgan fingerprint density at radius 2 is 2.30 bits per heavy atom. The summed E-state index contributed by atoms with van der Waals surface area (Å²) < 4.78 is 7.72. The molecule has 0 spiro atoms. The molecule has 2 rings (SSSR count). The minimum absolute atomic E-state index is 0.467. The first kappa shape index (κ1) is 15.4. The molecule has 20 heavy (non-hydrogen) atoms. The molecule has 0 aromatic carbocycles. The molecule has 1 saturated carbocycles. The lowest BCUT2D eigenvalue weighted by Gasteiger charge is -2.19. The molecule has 0 radical (unpaired) electrons. The maximum atomic E-state index is 5.37. The van der Waals surface area contributed by atoms with Gasteiger partial charge in [0.15, 0.2) is 0 Å². The molecule has 4 nitrogen and oxygen atoms in total. The second-order valence-electron chi connectivity index (χ2n) is 6.65. The largest absolute Gasteiger partial charge is 0.382 e.